The Morgan fingerprint density at radius 2 is 1.69 bits per heavy atom. The van der Waals surface area contributed by atoms with E-state index in [-0.39, 0.29) is 12.5 Å². The van der Waals surface area contributed by atoms with Crippen LogP contribution in [0.5, 0.6) is 0 Å². The first-order chi connectivity index (χ1) is 17.3. The van der Waals surface area contributed by atoms with E-state index in [9.17, 15) is 9.59 Å². The van der Waals surface area contributed by atoms with Gasteiger partial charge in [0.25, 0.3) is 5.91 Å². The van der Waals surface area contributed by atoms with Gasteiger partial charge in [0.15, 0.2) is 0 Å². The highest BCUT2D eigenvalue weighted by Crippen LogP contribution is 2.20. The number of nitrogens with zero attached hydrogens (tertiary/aromatic N) is 4. The number of aromatic nitrogens is 2. The Bertz CT molecular complexity index is 1190. The molecule has 1 aromatic heterocycles. The monoisotopic (exact) mass is 488 g/mol. The number of carbonyl (C=O) groups is 2. The smallest absolute Gasteiger partial charge is 0.407 e. The molecular weight excluding hydrogens is 456 g/mol. The van der Waals surface area contributed by atoms with Crippen molar-refractivity contribution in [2.45, 2.75) is 32.9 Å². The third-order valence-corrected chi connectivity index (χ3v) is 5.61. The molecule has 3 aromatic rings. The van der Waals surface area contributed by atoms with Gasteiger partial charge in [-0.15, -0.1) is 0 Å². The summed E-state index contributed by atoms with van der Waals surface area (Å²) in [5.74, 6) is 0.573. The number of benzene rings is 2. The lowest BCUT2D eigenvalue weighted by atomic mass is 10.1. The van der Waals surface area contributed by atoms with Gasteiger partial charge < -0.3 is 25.2 Å². The van der Waals surface area contributed by atoms with Crippen LogP contribution < -0.4 is 15.5 Å². The number of piperazine rings is 1. The lowest BCUT2D eigenvalue weighted by Gasteiger charge is -2.36. The van der Waals surface area contributed by atoms with Gasteiger partial charge in [0.1, 0.15) is 17.7 Å². The van der Waals surface area contributed by atoms with Crippen molar-refractivity contribution in [3.05, 3.63) is 78.2 Å². The molecule has 4 rings (SSSR count). The summed E-state index contributed by atoms with van der Waals surface area (Å²) in [5.41, 5.74) is 2.60. The van der Waals surface area contributed by atoms with Crippen LogP contribution in [0.15, 0.2) is 67.0 Å². The molecule has 0 aliphatic carbocycles. The molecule has 0 unspecified atom stereocenters. The molecule has 36 heavy (non-hydrogen) atoms. The van der Waals surface area contributed by atoms with Crippen molar-refractivity contribution in [1.82, 2.24) is 20.2 Å². The number of amides is 2. The zero-order valence-electron chi connectivity index (χ0n) is 20.9. The van der Waals surface area contributed by atoms with Crippen LogP contribution in [0.4, 0.5) is 22.0 Å². The van der Waals surface area contributed by atoms with Crippen LogP contribution in [0.25, 0.3) is 0 Å². The Balaban J connectivity index is 1.34. The fourth-order valence-electron chi connectivity index (χ4n) is 3.91. The highest BCUT2D eigenvalue weighted by molar-refractivity contribution is 5.95. The lowest BCUT2D eigenvalue weighted by molar-refractivity contribution is 0.0522. The molecule has 2 heterocycles. The Hall–Kier alpha value is -4.14. The summed E-state index contributed by atoms with van der Waals surface area (Å²) < 4.78 is 5.25. The first kappa shape index (κ1) is 25.0. The van der Waals surface area contributed by atoms with Gasteiger partial charge in [0.05, 0.1) is 12.2 Å². The van der Waals surface area contributed by atoms with Crippen LogP contribution in [0, 0.1) is 0 Å². The molecule has 1 saturated heterocycles. The number of alkyl carbamates (subject to hydrolysis) is 1. The zero-order valence-corrected chi connectivity index (χ0v) is 20.9. The van der Waals surface area contributed by atoms with Gasteiger partial charge in [-0.25, -0.2) is 14.8 Å². The highest BCUT2D eigenvalue weighted by atomic mass is 16.6. The maximum absolute atomic E-state index is 13.2. The second-order valence-electron chi connectivity index (χ2n) is 9.57. The van der Waals surface area contributed by atoms with Crippen molar-refractivity contribution < 1.29 is 14.3 Å². The minimum atomic E-state index is -0.569. The molecule has 1 fully saturated rings. The van der Waals surface area contributed by atoms with Crippen LogP contribution in [-0.4, -0.2) is 58.6 Å². The maximum atomic E-state index is 13.2. The van der Waals surface area contributed by atoms with E-state index >= 15 is 0 Å². The molecule has 9 nitrogen and oxygen atoms in total. The Morgan fingerprint density at radius 3 is 2.42 bits per heavy atom. The van der Waals surface area contributed by atoms with E-state index in [2.05, 4.69) is 37.6 Å². The van der Waals surface area contributed by atoms with Gasteiger partial charge in [0.2, 0.25) is 0 Å². The summed E-state index contributed by atoms with van der Waals surface area (Å²) in [6.45, 7) is 8.58. The van der Waals surface area contributed by atoms with E-state index in [1.54, 1.807) is 6.07 Å². The molecule has 0 radical (unpaired) electrons. The van der Waals surface area contributed by atoms with E-state index in [1.165, 1.54) is 12.0 Å². The lowest BCUT2D eigenvalue weighted by Crippen LogP contribution is -2.48. The fourth-order valence-corrected chi connectivity index (χ4v) is 3.91. The minimum Gasteiger partial charge on any atom is -0.444 e. The number of carbonyl (C=O) groups excluding carboxylic acids is 2. The molecule has 0 bridgehead atoms. The molecule has 188 valence electrons. The summed E-state index contributed by atoms with van der Waals surface area (Å²) >= 11 is 0. The fraction of sp³-hybridized carbons (Fsp3) is 0.333. The summed E-state index contributed by atoms with van der Waals surface area (Å²) in [6, 6.07) is 19.4. The summed E-state index contributed by atoms with van der Waals surface area (Å²) in [7, 11) is 0. The van der Waals surface area contributed by atoms with E-state index in [0.29, 0.717) is 30.2 Å². The molecule has 2 amide bonds. The number of ether oxygens (including phenoxy) is 1. The predicted octanol–water partition coefficient (Wildman–Crippen LogP) is 4.21. The van der Waals surface area contributed by atoms with Gasteiger partial charge in [-0.05, 0) is 51.1 Å². The number of anilines is 3. The van der Waals surface area contributed by atoms with Crippen molar-refractivity contribution in [3.8, 4) is 0 Å². The normalized spacial score (nSPS) is 13.8. The van der Waals surface area contributed by atoms with Crippen molar-refractivity contribution in [2.75, 3.05) is 36.4 Å². The summed E-state index contributed by atoms with van der Waals surface area (Å²) in [6.07, 6.45) is 0.918. The first-order valence-electron chi connectivity index (χ1n) is 12.0. The Labute approximate surface area is 211 Å². The van der Waals surface area contributed by atoms with Crippen molar-refractivity contribution in [1.29, 1.82) is 0 Å². The van der Waals surface area contributed by atoms with Gasteiger partial charge in [-0.2, -0.15) is 0 Å². The van der Waals surface area contributed by atoms with Gasteiger partial charge in [-0.1, -0.05) is 24.3 Å². The number of rotatable bonds is 6. The number of para-hydroxylation sites is 1. The standard InChI is InChI=1S/C27H32N6O3/c1-27(2,3)36-26(35)28-18-22-17-24(30-19-29-22)31-21-9-7-8-20(16-21)25(34)33-14-12-32(13-15-33)23-10-5-4-6-11-23/h4-11,16-17,19H,12-15,18H2,1-3H3,(H,28,35)(H,29,30,31). The van der Waals surface area contributed by atoms with Crippen LogP contribution in [-0.2, 0) is 11.3 Å². The maximum Gasteiger partial charge on any atom is 0.407 e. The minimum absolute atomic E-state index is 0.0105. The molecule has 0 atom stereocenters. The number of nitrogens with one attached hydrogen (secondary N) is 2. The summed E-state index contributed by atoms with van der Waals surface area (Å²) in [4.78, 5) is 37.7. The summed E-state index contributed by atoms with van der Waals surface area (Å²) in [5, 5.41) is 5.91. The van der Waals surface area contributed by atoms with E-state index in [1.807, 2.05) is 68.1 Å². The Kier molecular flexibility index (Phi) is 7.68. The van der Waals surface area contributed by atoms with Crippen molar-refractivity contribution >= 4 is 29.2 Å². The van der Waals surface area contributed by atoms with Gasteiger partial charge >= 0.3 is 6.09 Å². The van der Waals surface area contributed by atoms with E-state index in [0.717, 1.165) is 18.8 Å². The third-order valence-electron chi connectivity index (χ3n) is 5.61. The SMILES string of the molecule is CC(C)(C)OC(=O)NCc1cc(Nc2cccc(C(=O)N3CCN(c4ccccc4)CC3)c2)ncn1. The van der Waals surface area contributed by atoms with Crippen LogP contribution in [0.1, 0.15) is 36.8 Å². The first-order valence-corrected chi connectivity index (χ1v) is 12.0. The second-order valence-corrected chi connectivity index (χ2v) is 9.57. The number of hydrogen-bond donors (Lipinski definition) is 2. The van der Waals surface area contributed by atoms with Gasteiger partial charge in [0, 0.05) is 49.2 Å². The quantitative estimate of drug-likeness (QED) is 0.536. The Morgan fingerprint density at radius 1 is 0.944 bits per heavy atom. The van der Waals surface area contributed by atoms with E-state index < -0.39 is 11.7 Å². The predicted molar refractivity (Wildman–Crippen MR) is 139 cm³/mol. The molecule has 9 heteroatoms. The van der Waals surface area contributed by atoms with Crippen molar-refractivity contribution in [2.24, 2.45) is 0 Å². The topological polar surface area (TPSA) is 99.7 Å². The molecule has 2 N–H and O–H groups in total. The largest absolute Gasteiger partial charge is 0.444 e. The molecule has 1 aliphatic heterocycles. The second kappa shape index (κ2) is 11.1. The highest BCUT2D eigenvalue weighted by Gasteiger charge is 2.22. The number of hydrogen-bond acceptors (Lipinski definition) is 7. The average Bonchev–Trinajstić information content (AvgIpc) is 2.87. The molecule has 0 saturated carbocycles. The van der Waals surface area contributed by atoms with Gasteiger partial charge in [-0.3, -0.25) is 4.79 Å². The molecule has 0 spiro atoms. The average molecular weight is 489 g/mol. The molecule has 2 aromatic carbocycles. The zero-order chi connectivity index (χ0) is 25.5. The third kappa shape index (κ3) is 6.94. The van der Waals surface area contributed by atoms with Crippen molar-refractivity contribution in [3.63, 3.8) is 0 Å². The van der Waals surface area contributed by atoms with E-state index in [4.69, 9.17) is 4.74 Å². The van der Waals surface area contributed by atoms with Crippen LogP contribution >= 0.6 is 0 Å². The van der Waals surface area contributed by atoms with Crippen LogP contribution in [0.2, 0.25) is 0 Å². The van der Waals surface area contributed by atoms with Crippen LogP contribution in [0.3, 0.4) is 0 Å². The molecule has 1 aliphatic rings. The molecular formula is C27H32N6O3.